The minimum atomic E-state index is -0.721. The summed E-state index contributed by atoms with van der Waals surface area (Å²) in [5.74, 6) is -0.810. The second kappa shape index (κ2) is 19.2. The molecule has 0 unspecified atom stereocenters. The molecule has 0 aliphatic carbocycles. The van der Waals surface area contributed by atoms with Crippen molar-refractivity contribution in [2.75, 3.05) is 13.2 Å². The summed E-state index contributed by atoms with van der Waals surface area (Å²) in [6.07, 6.45) is 15.4. The monoisotopic (exact) mass is 358 g/mol. The van der Waals surface area contributed by atoms with Crippen molar-refractivity contribution in [1.29, 1.82) is 0 Å². The number of hydrogen-bond acceptors (Lipinski definition) is 4. The van der Waals surface area contributed by atoms with E-state index >= 15 is 0 Å². The zero-order valence-corrected chi connectivity index (χ0v) is 15.8. The van der Waals surface area contributed by atoms with E-state index in [9.17, 15) is 9.59 Å². The molecule has 0 aromatic rings. The van der Waals surface area contributed by atoms with Gasteiger partial charge < -0.3 is 14.9 Å². The molecule has 0 aromatic carbocycles. The van der Waals surface area contributed by atoms with Gasteiger partial charge in [-0.3, -0.25) is 9.59 Å². The Labute approximate surface area is 153 Å². The lowest BCUT2D eigenvalue weighted by atomic mass is 10.1. The number of esters is 1. The molecule has 0 bridgehead atoms. The van der Waals surface area contributed by atoms with Crippen molar-refractivity contribution in [2.24, 2.45) is 0 Å². The molecule has 0 aliphatic rings. The van der Waals surface area contributed by atoms with E-state index in [2.05, 4.69) is 0 Å². The molecule has 25 heavy (non-hydrogen) atoms. The number of rotatable bonds is 19. The molecule has 0 spiro atoms. The first-order valence-corrected chi connectivity index (χ1v) is 10.1. The number of carbonyl (C=O) groups excluding carboxylic acids is 1. The maximum atomic E-state index is 11.6. The fourth-order valence-corrected chi connectivity index (χ4v) is 2.79. The molecule has 0 saturated carbocycles. The van der Waals surface area contributed by atoms with Gasteiger partial charge in [0.2, 0.25) is 0 Å². The average molecular weight is 359 g/mol. The Hall–Kier alpha value is -1.10. The molecule has 0 fully saturated rings. The van der Waals surface area contributed by atoms with Crippen molar-refractivity contribution < 1.29 is 24.5 Å². The highest BCUT2D eigenvalue weighted by atomic mass is 16.5. The quantitative estimate of drug-likeness (QED) is 0.255. The lowest BCUT2D eigenvalue weighted by Gasteiger charge is -2.05. The van der Waals surface area contributed by atoms with Gasteiger partial charge in [-0.15, -0.1) is 0 Å². The summed E-state index contributed by atoms with van der Waals surface area (Å²) in [4.78, 5) is 21.9. The van der Waals surface area contributed by atoms with Gasteiger partial charge >= 0.3 is 11.9 Å². The number of hydrogen-bond donors (Lipinski definition) is 2. The molecular weight excluding hydrogens is 320 g/mol. The second-order valence-electron chi connectivity index (χ2n) is 6.79. The van der Waals surface area contributed by atoms with Gasteiger partial charge in [0.1, 0.15) is 0 Å². The first-order valence-electron chi connectivity index (χ1n) is 10.1. The molecule has 0 atom stereocenters. The molecule has 5 heteroatoms. The molecular formula is C20H38O5. The van der Waals surface area contributed by atoms with Crippen LogP contribution >= 0.6 is 0 Å². The van der Waals surface area contributed by atoms with Crippen LogP contribution in [0.2, 0.25) is 0 Å². The van der Waals surface area contributed by atoms with Crippen molar-refractivity contribution in [3.8, 4) is 0 Å². The third kappa shape index (κ3) is 20.9. The Morgan fingerprint density at radius 1 is 0.600 bits per heavy atom. The Bertz CT molecular complexity index is 317. The number of carboxylic acid groups (broad SMARTS) is 1. The van der Waals surface area contributed by atoms with Crippen LogP contribution in [-0.4, -0.2) is 35.4 Å². The Morgan fingerprint density at radius 2 is 1.04 bits per heavy atom. The molecule has 0 aromatic heterocycles. The smallest absolute Gasteiger partial charge is 0.305 e. The van der Waals surface area contributed by atoms with E-state index in [1.807, 2.05) is 0 Å². The summed E-state index contributed by atoms with van der Waals surface area (Å²) in [7, 11) is 0. The minimum absolute atomic E-state index is 0.0881. The predicted octanol–water partition coefficient (Wildman–Crippen LogP) is 4.85. The summed E-state index contributed by atoms with van der Waals surface area (Å²) in [6.45, 7) is 0.844. The molecule has 0 heterocycles. The van der Waals surface area contributed by atoms with E-state index in [1.54, 1.807) is 0 Å². The zero-order valence-electron chi connectivity index (χ0n) is 15.8. The fourth-order valence-electron chi connectivity index (χ4n) is 2.79. The fraction of sp³-hybridized carbons (Fsp3) is 0.900. The van der Waals surface area contributed by atoms with Gasteiger partial charge in [-0.1, -0.05) is 64.2 Å². The van der Waals surface area contributed by atoms with E-state index in [-0.39, 0.29) is 12.4 Å². The van der Waals surface area contributed by atoms with Crippen LogP contribution in [0.1, 0.15) is 103 Å². The second-order valence-corrected chi connectivity index (χ2v) is 6.79. The number of aliphatic hydroxyl groups is 1. The topological polar surface area (TPSA) is 83.8 Å². The number of unbranched alkanes of at least 4 members (excludes halogenated alkanes) is 12. The van der Waals surface area contributed by atoms with Gasteiger partial charge in [0.25, 0.3) is 0 Å². The number of ether oxygens (including phenoxy) is 1. The lowest BCUT2D eigenvalue weighted by molar-refractivity contribution is -0.144. The van der Waals surface area contributed by atoms with Gasteiger partial charge in [0.05, 0.1) is 6.61 Å². The summed E-state index contributed by atoms with van der Waals surface area (Å²) in [5, 5.41) is 17.2. The molecule has 0 saturated heterocycles. The molecule has 0 radical (unpaired) electrons. The molecule has 148 valence electrons. The minimum Gasteiger partial charge on any atom is -0.481 e. The SMILES string of the molecule is O=C(O)CCCCCCCCC(=O)OCCCCCCCCCCO. The molecule has 0 aliphatic heterocycles. The first-order chi connectivity index (χ1) is 12.2. The highest BCUT2D eigenvalue weighted by molar-refractivity contribution is 5.69. The number of carbonyl (C=O) groups is 2. The van der Waals surface area contributed by atoms with Gasteiger partial charge in [0, 0.05) is 19.4 Å². The van der Waals surface area contributed by atoms with Gasteiger partial charge in [-0.05, 0) is 25.7 Å². The van der Waals surface area contributed by atoms with Gasteiger partial charge in [-0.25, -0.2) is 0 Å². The van der Waals surface area contributed by atoms with Crippen LogP contribution in [0.4, 0.5) is 0 Å². The summed E-state index contributed by atoms with van der Waals surface area (Å²) < 4.78 is 5.24. The van der Waals surface area contributed by atoms with E-state index in [0.717, 1.165) is 64.2 Å². The van der Waals surface area contributed by atoms with Crippen LogP contribution in [0.3, 0.4) is 0 Å². The van der Waals surface area contributed by atoms with E-state index in [4.69, 9.17) is 14.9 Å². The van der Waals surface area contributed by atoms with Crippen molar-refractivity contribution in [1.82, 2.24) is 0 Å². The van der Waals surface area contributed by atoms with Crippen LogP contribution in [0.25, 0.3) is 0 Å². The predicted molar refractivity (Wildman–Crippen MR) is 99.6 cm³/mol. The standard InChI is InChI=1S/C20H38O5/c21-17-13-9-5-1-2-6-10-14-18-25-20(24)16-12-8-4-3-7-11-15-19(22)23/h21H,1-18H2,(H,22,23). The third-order valence-corrected chi connectivity index (χ3v) is 4.34. The number of aliphatic hydroxyl groups excluding tert-OH is 1. The summed E-state index contributed by atoms with van der Waals surface area (Å²) in [6, 6.07) is 0. The highest BCUT2D eigenvalue weighted by Crippen LogP contribution is 2.10. The maximum absolute atomic E-state index is 11.6. The number of aliphatic carboxylic acids is 1. The van der Waals surface area contributed by atoms with Crippen molar-refractivity contribution >= 4 is 11.9 Å². The van der Waals surface area contributed by atoms with Crippen LogP contribution < -0.4 is 0 Å². The van der Waals surface area contributed by atoms with E-state index in [0.29, 0.717) is 19.6 Å². The Morgan fingerprint density at radius 3 is 1.56 bits per heavy atom. The summed E-state index contributed by atoms with van der Waals surface area (Å²) >= 11 is 0. The van der Waals surface area contributed by atoms with Crippen LogP contribution in [-0.2, 0) is 14.3 Å². The van der Waals surface area contributed by atoms with Gasteiger partial charge in [0.15, 0.2) is 0 Å². The lowest BCUT2D eigenvalue weighted by Crippen LogP contribution is -2.05. The Balaban J connectivity index is 3.17. The van der Waals surface area contributed by atoms with Crippen LogP contribution in [0, 0.1) is 0 Å². The summed E-state index contributed by atoms with van der Waals surface area (Å²) in [5.41, 5.74) is 0. The Kier molecular flexibility index (Phi) is 18.4. The van der Waals surface area contributed by atoms with Crippen LogP contribution in [0.15, 0.2) is 0 Å². The molecule has 0 amide bonds. The maximum Gasteiger partial charge on any atom is 0.305 e. The molecule has 2 N–H and O–H groups in total. The highest BCUT2D eigenvalue weighted by Gasteiger charge is 2.03. The average Bonchev–Trinajstić information content (AvgIpc) is 2.58. The van der Waals surface area contributed by atoms with Crippen molar-refractivity contribution in [3.63, 3.8) is 0 Å². The van der Waals surface area contributed by atoms with E-state index in [1.165, 1.54) is 25.7 Å². The first kappa shape index (κ1) is 23.9. The largest absolute Gasteiger partial charge is 0.481 e. The van der Waals surface area contributed by atoms with Crippen LogP contribution in [0.5, 0.6) is 0 Å². The van der Waals surface area contributed by atoms with E-state index < -0.39 is 5.97 Å². The molecule has 0 rings (SSSR count). The molecule has 5 nitrogen and oxygen atoms in total. The van der Waals surface area contributed by atoms with Crippen molar-refractivity contribution in [2.45, 2.75) is 103 Å². The van der Waals surface area contributed by atoms with Crippen molar-refractivity contribution in [3.05, 3.63) is 0 Å². The normalized spacial score (nSPS) is 10.8. The zero-order chi connectivity index (χ0) is 18.6. The number of carboxylic acids is 1. The third-order valence-electron chi connectivity index (χ3n) is 4.34. The van der Waals surface area contributed by atoms with Gasteiger partial charge in [-0.2, -0.15) is 0 Å².